The van der Waals surface area contributed by atoms with Gasteiger partial charge in [-0.15, -0.1) is 0 Å². The number of carbonyl (C=O) groups excluding carboxylic acids is 1. The van der Waals surface area contributed by atoms with Crippen molar-refractivity contribution in [2.45, 2.75) is 58.8 Å². The van der Waals surface area contributed by atoms with Crippen molar-refractivity contribution in [2.75, 3.05) is 6.61 Å². The molecule has 0 aliphatic heterocycles. The van der Waals surface area contributed by atoms with Crippen LogP contribution in [0.3, 0.4) is 0 Å². The lowest BCUT2D eigenvalue weighted by Crippen LogP contribution is -2.14. The number of carbonyl (C=O) groups is 1. The van der Waals surface area contributed by atoms with Gasteiger partial charge in [0.05, 0.1) is 6.61 Å². The van der Waals surface area contributed by atoms with Crippen molar-refractivity contribution in [2.24, 2.45) is 0 Å². The van der Waals surface area contributed by atoms with Crippen molar-refractivity contribution in [3.63, 3.8) is 0 Å². The Labute approximate surface area is 117 Å². The summed E-state index contributed by atoms with van der Waals surface area (Å²) in [7, 11) is 0. The molecule has 0 aromatic heterocycles. The molecule has 0 saturated heterocycles. The van der Waals surface area contributed by atoms with Crippen LogP contribution in [0.4, 0.5) is 0 Å². The number of benzene rings is 1. The van der Waals surface area contributed by atoms with Gasteiger partial charge in [-0.1, -0.05) is 52.0 Å². The second-order valence-electron chi connectivity index (χ2n) is 5.98. The molecule has 1 aromatic rings. The molecule has 2 nitrogen and oxygen atoms in total. The van der Waals surface area contributed by atoms with E-state index in [4.69, 9.17) is 4.74 Å². The molecule has 0 aliphatic rings. The topological polar surface area (TPSA) is 26.3 Å². The van der Waals surface area contributed by atoms with Crippen LogP contribution in [0.1, 0.15) is 58.1 Å². The zero-order chi connectivity index (χ0) is 14.3. The Morgan fingerprint density at radius 2 is 1.89 bits per heavy atom. The van der Waals surface area contributed by atoms with Crippen LogP contribution in [-0.2, 0) is 21.4 Å². The highest BCUT2D eigenvalue weighted by atomic mass is 16.5. The molecule has 19 heavy (non-hydrogen) atoms. The van der Waals surface area contributed by atoms with E-state index in [1.165, 1.54) is 11.1 Å². The summed E-state index contributed by atoms with van der Waals surface area (Å²) >= 11 is 0. The normalized spacial score (nSPS) is 11.4. The van der Waals surface area contributed by atoms with E-state index in [0.29, 0.717) is 13.0 Å². The van der Waals surface area contributed by atoms with Crippen LogP contribution < -0.4 is 0 Å². The van der Waals surface area contributed by atoms with Gasteiger partial charge in [0.1, 0.15) is 0 Å². The van der Waals surface area contributed by atoms with Crippen LogP contribution >= 0.6 is 0 Å². The summed E-state index contributed by atoms with van der Waals surface area (Å²) in [6.07, 6.45) is 3.24. The summed E-state index contributed by atoms with van der Waals surface area (Å²) in [5.41, 5.74) is 2.91. The van der Waals surface area contributed by atoms with Crippen molar-refractivity contribution >= 4 is 5.97 Å². The highest BCUT2D eigenvalue weighted by Crippen LogP contribution is 2.26. The molecular weight excluding hydrogens is 236 g/mol. The van der Waals surface area contributed by atoms with Crippen molar-refractivity contribution in [3.05, 3.63) is 35.4 Å². The maximum Gasteiger partial charge on any atom is 0.305 e. The van der Waals surface area contributed by atoms with E-state index in [2.05, 4.69) is 45.0 Å². The maximum absolute atomic E-state index is 11.3. The van der Waals surface area contributed by atoms with Gasteiger partial charge < -0.3 is 4.74 Å². The van der Waals surface area contributed by atoms with Crippen LogP contribution in [0.15, 0.2) is 24.3 Å². The number of ether oxygens (including phenoxy) is 1. The third-order valence-electron chi connectivity index (χ3n) is 3.13. The predicted octanol–water partition coefficient (Wildman–Crippen LogP) is 4.26. The molecule has 0 N–H and O–H groups in total. The Hall–Kier alpha value is -1.31. The second kappa shape index (κ2) is 7.32. The molecule has 1 rings (SSSR count). The molecule has 0 fully saturated rings. The average molecular weight is 262 g/mol. The van der Waals surface area contributed by atoms with Gasteiger partial charge >= 0.3 is 5.97 Å². The molecule has 0 unspecified atom stereocenters. The maximum atomic E-state index is 11.3. The van der Waals surface area contributed by atoms with E-state index in [9.17, 15) is 4.79 Å². The van der Waals surface area contributed by atoms with Crippen LogP contribution in [0.25, 0.3) is 0 Å². The monoisotopic (exact) mass is 262 g/mol. The summed E-state index contributed by atoms with van der Waals surface area (Å²) in [6.45, 7) is 9.20. The van der Waals surface area contributed by atoms with E-state index < -0.39 is 0 Å². The third-order valence-corrected chi connectivity index (χ3v) is 3.13. The van der Waals surface area contributed by atoms with Crippen LogP contribution in [-0.4, -0.2) is 12.6 Å². The lowest BCUT2D eigenvalue weighted by atomic mass is 9.83. The molecule has 0 saturated carbocycles. The molecule has 0 heterocycles. The molecule has 0 spiro atoms. The molecule has 106 valence electrons. The SMILES string of the molecule is CCCC(=O)OCCCc1ccccc1C(C)(C)C. The van der Waals surface area contributed by atoms with Gasteiger partial charge in [-0.25, -0.2) is 0 Å². The Bertz CT molecular complexity index is 402. The summed E-state index contributed by atoms with van der Waals surface area (Å²) < 4.78 is 5.19. The Morgan fingerprint density at radius 3 is 2.53 bits per heavy atom. The smallest absolute Gasteiger partial charge is 0.305 e. The number of rotatable bonds is 6. The zero-order valence-corrected chi connectivity index (χ0v) is 12.7. The van der Waals surface area contributed by atoms with Crippen molar-refractivity contribution in [3.8, 4) is 0 Å². The minimum Gasteiger partial charge on any atom is -0.466 e. The molecule has 0 atom stereocenters. The van der Waals surface area contributed by atoms with Crippen LogP contribution in [0.5, 0.6) is 0 Å². The van der Waals surface area contributed by atoms with Crippen molar-refractivity contribution < 1.29 is 9.53 Å². The number of hydrogen-bond acceptors (Lipinski definition) is 2. The molecule has 0 aliphatic carbocycles. The number of aryl methyl sites for hydroxylation is 1. The average Bonchev–Trinajstić information content (AvgIpc) is 2.34. The van der Waals surface area contributed by atoms with E-state index in [0.717, 1.165) is 19.3 Å². The minimum atomic E-state index is -0.0772. The molecule has 2 heteroatoms. The van der Waals surface area contributed by atoms with Crippen molar-refractivity contribution in [1.82, 2.24) is 0 Å². The van der Waals surface area contributed by atoms with Gasteiger partial charge in [0.25, 0.3) is 0 Å². The number of esters is 1. The quantitative estimate of drug-likeness (QED) is 0.565. The van der Waals surface area contributed by atoms with E-state index >= 15 is 0 Å². The Balaban J connectivity index is 2.48. The first-order chi connectivity index (χ1) is 8.95. The molecule has 1 aromatic carbocycles. The fourth-order valence-electron chi connectivity index (χ4n) is 2.19. The molecule has 0 amide bonds. The number of hydrogen-bond donors (Lipinski definition) is 0. The van der Waals surface area contributed by atoms with E-state index in [1.54, 1.807) is 0 Å². The third kappa shape index (κ3) is 5.46. The summed E-state index contributed by atoms with van der Waals surface area (Å²) in [5.74, 6) is -0.0772. The largest absolute Gasteiger partial charge is 0.466 e. The van der Waals surface area contributed by atoms with Gasteiger partial charge in [0.2, 0.25) is 0 Å². The van der Waals surface area contributed by atoms with Crippen LogP contribution in [0.2, 0.25) is 0 Å². The predicted molar refractivity (Wildman–Crippen MR) is 79.3 cm³/mol. The van der Waals surface area contributed by atoms with Gasteiger partial charge in [0.15, 0.2) is 0 Å². The lowest BCUT2D eigenvalue weighted by molar-refractivity contribution is -0.143. The van der Waals surface area contributed by atoms with Gasteiger partial charge in [-0.05, 0) is 35.8 Å². The Morgan fingerprint density at radius 1 is 1.21 bits per heavy atom. The van der Waals surface area contributed by atoms with Gasteiger partial charge in [-0.2, -0.15) is 0 Å². The first kappa shape index (κ1) is 15.7. The van der Waals surface area contributed by atoms with Crippen molar-refractivity contribution in [1.29, 1.82) is 0 Å². The highest BCUT2D eigenvalue weighted by molar-refractivity contribution is 5.69. The second-order valence-corrected chi connectivity index (χ2v) is 5.98. The lowest BCUT2D eigenvalue weighted by Gasteiger charge is -2.22. The van der Waals surface area contributed by atoms with Crippen LogP contribution in [0, 0.1) is 0 Å². The first-order valence-corrected chi connectivity index (χ1v) is 7.19. The van der Waals surface area contributed by atoms with E-state index in [-0.39, 0.29) is 11.4 Å². The first-order valence-electron chi connectivity index (χ1n) is 7.19. The molecule has 0 bridgehead atoms. The fraction of sp³-hybridized carbons (Fsp3) is 0.588. The fourth-order valence-corrected chi connectivity index (χ4v) is 2.19. The molecular formula is C17H26O2. The van der Waals surface area contributed by atoms with Gasteiger partial charge in [0, 0.05) is 6.42 Å². The summed E-state index contributed by atoms with van der Waals surface area (Å²) in [5, 5.41) is 0. The highest BCUT2D eigenvalue weighted by Gasteiger charge is 2.16. The zero-order valence-electron chi connectivity index (χ0n) is 12.7. The summed E-state index contributed by atoms with van der Waals surface area (Å²) in [6, 6.07) is 8.53. The molecule has 0 radical (unpaired) electrons. The standard InChI is InChI=1S/C17H26O2/c1-5-9-16(18)19-13-8-11-14-10-6-7-12-15(14)17(2,3)4/h6-7,10,12H,5,8-9,11,13H2,1-4H3. The minimum absolute atomic E-state index is 0.0772. The van der Waals surface area contributed by atoms with E-state index in [1.807, 2.05) is 6.92 Å². The van der Waals surface area contributed by atoms with Gasteiger partial charge in [-0.3, -0.25) is 4.79 Å². The summed E-state index contributed by atoms with van der Waals surface area (Å²) in [4.78, 5) is 11.3. The Kier molecular flexibility index (Phi) is 6.07.